The highest BCUT2D eigenvalue weighted by Gasteiger charge is 2.21. The Hall–Kier alpha value is -2.29. The molecule has 1 saturated heterocycles. The average Bonchev–Trinajstić information content (AvgIpc) is 3.17. The highest BCUT2D eigenvalue weighted by molar-refractivity contribution is 5.83. The average molecular weight is 305 g/mol. The summed E-state index contributed by atoms with van der Waals surface area (Å²) in [6, 6.07) is 15.2. The first kappa shape index (κ1) is 14.3. The number of anilines is 1. The lowest BCUT2D eigenvalue weighted by molar-refractivity contribution is 0.775. The maximum absolute atomic E-state index is 5.02. The molecule has 118 valence electrons. The highest BCUT2D eigenvalue weighted by Crippen LogP contribution is 2.29. The van der Waals surface area contributed by atoms with Crippen LogP contribution in [0.4, 0.5) is 5.95 Å². The summed E-state index contributed by atoms with van der Waals surface area (Å²) in [6.45, 7) is 7.46. The van der Waals surface area contributed by atoms with Gasteiger partial charge < -0.3 is 9.47 Å². The van der Waals surface area contributed by atoms with E-state index in [4.69, 9.17) is 4.98 Å². The molecule has 3 aromatic rings. The quantitative estimate of drug-likeness (QED) is 0.719. The van der Waals surface area contributed by atoms with Crippen molar-refractivity contribution in [3.63, 3.8) is 0 Å². The molecule has 1 aliphatic heterocycles. The second kappa shape index (κ2) is 5.73. The Morgan fingerprint density at radius 1 is 1.00 bits per heavy atom. The molecule has 1 fully saturated rings. The number of nitrogens with zero attached hydrogens (tertiary/aromatic N) is 3. The van der Waals surface area contributed by atoms with Crippen molar-refractivity contribution in [2.45, 2.75) is 33.2 Å². The molecule has 3 nitrogen and oxygen atoms in total. The van der Waals surface area contributed by atoms with E-state index in [0.717, 1.165) is 31.1 Å². The molecule has 4 rings (SSSR count). The Morgan fingerprint density at radius 3 is 2.48 bits per heavy atom. The molecule has 1 aliphatic rings. The van der Waals surface area contributed by atoms with Crippen LogP contribution in [0.2, 0.25) is 0 Å². The number of aryl methyl sites for hydroxylation is 2. The number of hydrogen-bond acceptors (Lipinski definition) is 2. The molecule has 0 saturated carbocycles. The SMILES string of the molecule is Cc1cc(C)c2nc(N3CCCC3)n(Cc3ccccc3)c2c1. The van der Waals surface area contributed by atoms with E-state index in [-0.39, 0.29) is 0 Å². The van der Waals surface area contributed by atoms with Crippen LogP contribution in [-0.4, -0.2) is 22.6 Å². The van der Waals surface area contributed by atoms with Crippen LogP contribution >= 0.6 is 0 Å². The maximum atomic E-state index is 5.02. The van der Waals surface area contributed by atoms with Gasteiger partial charge in [-0.25, -0.2) is 4.98 Å². The van der Waals surface area contributed by atoms with E-state index in [9.17, 15) is 0 Å². The molecule has 0 amide bonds. The van der Waals surface area contributed by atoms with Gasteiger partial charge in [0.2, 0.25) is 5.95 Å². The minimum Gasteiger partial charge on any atom is -0.342 e. The number of imidazole rings is 1. The molecule has 23 heavy (non-hydrogen) atoms. The lowest BCUT2D eigenvalue weighted by Gasteiger charge is -2.18. The van der Waals surface area contributed by atoms with E-state index in [1.807, 2.05) is 0 Å². The summed E-state index contributed by atoms with van der Waals surface area (Å²) in [7, 11) is 0. The predicted octanol–water partition coefficient (Wildman–Crippen LogP) is 4.30. The number of benzene rings is 2. The molecular weight excluding hydrogens is 282 g/mol. The molecule has 0 bridgehead atoms. The minimum absolute atomic E-state index is 0.881. The molecule has 2 heterocycles. The molecule has 2 aromatic carbocycles. The van der Waals surface area contributed by atoms with Gasteiger partial charge in [0.1, 0.15) is 0 Å². The monoisotopic (exact) mass is 305 g/mol. The van der Waals surface area contributed by atoms with Crippen LogP contribution in [0.3, 0.4) is 0 Å². The zero-order valence-corrected chi connectivity index (χ0v) is 13.9. The third-order valence-electron chi connectivity index (χ3n) is 4.74. The fourth-order valence-corrected chi connectivity index (χ4v) is 3.64. The normalized spacial score (nSPS) is 14.8. The summed E-state index contributed by atoms with van der Waals surface area (Å²) in [6.07, 6.45) is 2.54. The zero-order valence-electron chi connectivity index (χ0n) is 13.9. The van der Waals surface area contributed by atoms with Gasteiger partial charge in [-0.05, 0) is 49.4 Å². The summed E-state index contributed by atoms with van der Waals surface area (Å²) >= 11 is 0. The highest BCUT2D eigenvalue weighted by atomic mass is 15.3. The maximum Gasteiger partial charge on any atom is 0.206 e. The van der Waals surface area contributed by atoms with Crippen molar-refractivity contribution < 1.29 is 0 Å². The van der Waals surface area contributed by atoms with Gasteiger partial charge in [0, 0.05) is 13.1 Å². The largest absolute Gasteiger partial charge is 0.342 e. The standard InChI is InChI=1S/C20H23N3/c1-15-12-16(2)19-18(13-15)23(14-17-8-4-3-5-9-17)20(21-19)22-10-6-7-11-22/h3-5,8-9,12-13H,6-7,10-11,14H2,1-2H3. The van der Waals surface area contributed by atoms with Crippen LogP contribution < -0.4 is 4.90 Å². The van der Waals surface area contributed by atoms with Crippen molar-refractivity contribution in [1.82, 2.24) is 9.55 Å². The predicted molar refractivity (Wildman–Crippen MR) is 96.2 cm³/mol. The van der Waals surface area contributed by atoms with Gasteiger partial charge in [-0.2, -0.15) is 0 Å². The Morgan fingerprint density at radius 2 is 1.74 bits per heavy atom. The first-order chi connectivity index (χ1) is 11.2. The minimum atomic E-state index is 0.881. The van der Waals surface area contributed by atoms with Gasteiger partial charge in [0.05, 0.1) is 17.6 Å². The van der Waals surface area contributed by atoms with Crippen LogP contribution in [0.25, 0.3) is 11.0 Å². The second-order valence-corrected chi connectivity index (χ2v) is 6.63. The van der Waals surface area contributed by atoms with E-state index >= 15 is 0 Å². The smallest absolute Gasteiger partial charge is 0.206 e. The second-order valence-electron chi connectivity index (χ2n) is 6.63. The van der Waals surface area contributed by atoms with Gasteiger partial charge in [0.25, 0.3) is 0 Å². The van der Waals surface area contributed by atoms with E-state index in [2.05, 4.69) is 65.8 Å². The van der Waals surface area contributed by atoms with Crippen molar-refractivity contribution in [3.05, 3.63) is 59.2 Å². The Labute approximate surface area is 137 Å². The Bertz CT molecular complexity index is 827. The van der Waals surface area contributed by atoms with E-state index < -0.39 is 0 Å². The molecule has 0 aliphatic carbocycles. The van der Waals surface area contributed by atoms with Gasteiger partial charge in [-0.1, -0.05) is 36.4 Å². The Kier molecular flexibility index (Phi) is 3.56. The van der Waals surface area contributed by atoms with Crippen molar-refractivity contribution in [1.29, 1.82) is 0 Å². The van der Waals surface area contributed by atoms with Crippen molar-refractivity contribution in [2.24, 2.45) is 0 Å². The summed E-state index contributed by atoms with van der Waals surface area (Å²) in [5.74, 6) is 1.13. The number of fused-ring (bicyclic) bond motifs is 1. The summed E-state index contributed by atoms with van der Waals surface area (Å²) in [4.78, 5) is 7.46. The molecule has 0 atom stereocenters. The van der Waals surface area contributed by atoms with E-state index in [1.165, 1.54) is 35.0 Å². The fourth-order valence-electron chi connectivity index (χ4n) is 3.64. The Balaban J connectivity index is 1.89. The molecule has 0 unspecified atom stereocenters. The van der Waals surface area contributed by atoms with Gasteiger partial charge >= 0.3 is 0 Å². The first-order valence-corrected chi connectivity index (χ1v) is 8.49. The molecular formula is C20H23N3. The van der Waals surface area contributed by atoms with Crippen molar-refractivity contribution in [3.8, 4) is 0 Å². The molecule has 3 heteroatoms. The summed E-state index contributed by atoms with van der Waals surface area (Å²) in [5, 5.41) is 0. The van der Waals surface area contributed by atoms with Crippen LogP contribution in [0.5, 0.6) is 0 Å². The van der Waals surface area contributed by atoms with Gasteiger partial charge in [-0.3, -0.25) is 0 Å². The first-order valence-electron chi connectivity index (χ1n) is 8.49. The lowest BCUT2D eigenvalue weighted by atomic mass is 10.1. The number of hydrogen-bond donors (Lipinski definition) is 0. The zero-order chi connectivity index (χ0) is 15.8. The summed E-state index contributed by atoms with van der Waals surface area (Å²) in [5.41, 5.74) is 6.30. The van der Waals surface area contributed by atoms with E-state index in [1.54, 1.807) is 0 Å². The lowest BCUT2D eigenvalue weighted by Crippen LogP contribution is -2.22. The van der Waals surface area contributed by atoms with Crippen LogP contribution in [0.1, 0.15) is 29.5 Å². The van der Waals surface area contributed by atoms with Crippen LogP contribution in [-0.2, 0) is 6.54 Å². The van der Waals surface area contributed by atoms with Crippen molar-refractivity contribution in [2.75, 3.05) is 18.0 Å². The third-order valence-corrected chi connectivity index (χ3v) is 4.74. The summed E-state index contributed by atoms with van der Waals surface area (Å²) < 4.78 is 2.40. The molecule has 0 spiro atoms. The van der Waals surface area contributed by atoms with Crippen LogP contribution in [0, 0.1) is 13.8 Å². The van der Waals surface area contributed by atoms with Gasteiger partial charge in [0.15, 0.2) is 0 Å². The molecule has 1 aromatic heterocycles. The fraction of sp³-hybridized carbons (Fsp3) is 0.350. The number of aromatic nitrogens is 2. The molecule has 0 radical (unpaired) electrons. The third kappa shape index (κ3) is 2.61. The number of rotatable bonds is 3. The van der Waals surface area contributed by atoms with Gasteiger partial charge in [-0.15, -0.1) is 0 Å². The topological polar surface area (TPSA) is 21.1 Å². The van der Waals surface area contributed by atoms with Crippen molar-refractivity contribution >= 4 is 17.0 Å². The van der Waals surface area contributed by atoms with E-state index in [0.29, 0.717) is 0 Å². The molecule has 0 N–H and O–H groups in total. The van der Waals surface area contributed by atoms with Crippen LogP contribution in [0.15, 0.2) is 42.5 Å².